The van der Waals surface area contributed by atoms with Gasteiger partial charge in [-0.05, 0) is 41.5 Å². The predicted octanol–water partition coefficient (Wildman–Crippen LogP) is 3.08. The van der Waals surface area contributed by atoms with Crippen molar-refractivity contribution in [3.05, 3.63) is 72.3 Å². The van der Waals surface area contributed by atoms with Crippen molar-refractivity contribution in [2.75, 3.05) is 7.11 Å². The van der Waals surface area contributed by atoms with Gasteiger partial charge in [0.15, 0.2) is 0 Å². The molecule has 3 N–H and O–H groups in total. The monoisotopic (exact) mass is 331 g/mol. The maximum atomic E-state index is 6.46. The molecule has 25 heavy (non-hydrogen) atoms. The predicted molar refractivity (Wildman–Crippen MR) is 96.1 cm³/mol. The fourth-order valence-corrected chi connectivity index (χ4v) is 2.93. The Bertz CT molecular complexity index is 980. The Balaban J connectivity index is 1.80. The quantitative estimate of drug-likeness (QED) is 0.600. The maximum Gasteiger partial charge on any atom is 0.124 e. The van der Waals surface area contributed by atoms with Gasteiger partial charge in [0.25, 0.3) is 0 Å². The van der Waals surface area contributed by atoms with Crippen LogP contribution in [0.3, 0.4) is 0 Å². The second kappa shape index (κ2) is 6.33. The molecule has 0 aliphatic heterocycles. The Kier molecular flexibility index (Phi) is 3.87. The number of nitrogens with one attached hydrogen (secondary N) is 1. The average molecular weight is 331 g/mol. The van der Waals surface area contributed by atoms with Crippen molar-refractivity contribution in [1.29, 1.82) is 0 Å². The number of nitrogens with zero attached hydrogens (tertiary/aromatic N) is 3. The molecule has 0 fully saturated rings. The van der Waals surface area contributed by atoms with Gasteiger partial charge in [-0.3, -0.25) is 4.98 Å². The molecule has 6 heteroatoms. The molecule has 124 valence electrons. The van der Waals surface area contributed by atoms with E-state index in [4.69, 9.17) is 10.5 Å². The number of ether oxygens (including phenoxy) is 1. The lowest BCUT2D eigenvalue weighted by Crippen LogP contribution is -2.13. The van der Waals surface area contributed by atoms with Crippen LogP contribution < -0.4 is 10.5 Å². The second-order valence-electron chi connectivity index (χ2n) is 5.76. The largest absolute Gasteiger partial charge is 0.496 e. The number of benzene rings is 1. The van der Waals surface area contributed by atoms with Crippen molar-refractivity contribution in [3.8, 4) is 17.0 Å². The number of aromatic amines is 1. The first-order chi connectivity index (χ1) is 12.3. The summed E-state index contributed by atoms with van der Waals surface area (Å²) in [5.41, 5.74) is 11.2. The smallest absolute Gasteiger partial charge is 0.124 e. The van der Waals surface area contributed by atoms with Crippen LogP contribution in [0.2, 0.25) is 0 Å². The lowest BCUT2D eigenvalue weighted by Gasteiger charge is -2.17. The van der Waals surface area contributed by atoms with Gasteiger partial charge in [0.1, 0.15) is 5.75 Å². The average Bonchev–Trinajstić information content (AvgIpc) is 3.12. The van der Waals surface area contributed by atoms with Gasteiger partial charge < -0.3 is 15.5 Å². The summed E-state index contributed by atoms with van der Waals surface area (Å²) in [6.07, 6.45) is 6.96. The first kappa shape index (κ1) is 15.3. The van der Waals surface area contributed by atoms with E-state index < -0.39 is 0 Å². The van der Waals surface area contributed by atoms with E-state index in [1.807, 2.05) is 36.4 Å². The van der Waals surface area contributed by atoms with E-state index in [0.29, 0.717) is 0 Å². The summed E-state index contributed by atoms with van der Waals surface area (Å²) < 4.78 is 5.51. The molecule has 0 amide bonds. The highest BCUT2D eigenvalue weighted by Crippen LogP contribution is 2.33. The summed E-state index contributed by atoms with van der Waals surface area (Å²) in [6.45, 7) is 0. The molecule has 4 rings (SSSR count). The van der Waals surface area contributed by atoms with E-state index in [2.05, 4.69) is 20.2 Å². The summed E-state index contributed by atoms with van der Waals surface area (Å²) in [4.78, 5) is 7.51. The van der Waals surface area contributed by atoms with Crippen molar-refractivity contribution in [2.24, 2.45) is 5.73 Å². The van der Waals surface area contributed by atoms with Gasteiger partial charge in [-0.15, -0.1) is 0 Å². The van der Waals surface area contributed by atoms with Gasteiger partial charge in [-0.2, -0.15) is 10.2 Å². The third-order valence-electron chi connectivity index (χ3n) is 4.25. The summed E-state index contributed by atoms with van der Waals surface area (Å²) >= 11 is 0. The van der Waals surface area contributed by atoms with Crippen molar-refractivity contribution in [3.63, 3.8) is 0 Å². The van der Waals surface area contributed by atoms with Crippen LogP contribution in [0.4, 0.5) is 0 Å². The molecule has 0 spiro atoms. The third-order valence-corrected chi connectivity index (χ3v) is 4.25. The third kappa shape index (κ3) is 2.83. The minimum absolute atomic E-state index is 0.323. The Labute approximate surface area is 144 Å². The van der Waals surface area contributed by atoms with Crippen LogP contribution in [0.5, 0.6) is 5.75 Å². The normalized spacial score (nSPS) is 12.2. The van der Waals surface area contributed by atoms with Crippen molar-refractivity contribution < 1.29 is 4.74 Å². The van der Waals surface area contributed by atoms with Gasteiger partial charge >= 0.3 is 0 Å². The van der Waals surface area contributed by atoms with Gasteiger partial charge in [0.05, 0.1) is 31.1 Å². The number of H-pyrrole nitrogens is 1. The summed E-state index contributed by atoms with van der Waals surface area (Å²) in [7, 11) is 1.65. The van der Waals surface area contributed by atoms with Crippen LogP contribution in [0, 0.1) is 0 Å². The lowest BCUT2D eigenvalue weighted by molar-refractivity contribution is 0.408. The summed E-state index contributed by atoms with van der Waals surface area (Å²) in [5, 5.41) is 8.83. The molecule has 3 heterocycles. The van der Waals surface area contributed by atoms with Crippen LogP contribution in [-0.4, -0.2) is 27.3 Å². The van der Waals surface area contributed by atoms with Gasteiger partial charge in [-0.25, -0.2) is 0 Å². The highest BCUT2D eigenvalue weighted by Gasteiger charge is 2.16. The second-order valence-corrected chi connectivity index (χ2v) is 5.76. The first-order valence-corrected chi connectivity index (χ1v) is 7.89. The molecule has 1 aromatic carbocycles. The van der Waals surface area contributed by atoms with E-state index in [1.54, 1.807) is 31.9 Å². The lowest BCUT2D eigenvalue weighted by atomic mass is 9.97. The van der Waals surface area contributed by atoms with Crippen LogP contribution in [0.25, 0.3) is 22.2 Å². The molecule has 1 unspecified atom stereocenters. The SMILES string of the molecule is COc1ccc(-c2cc3cnncc3[nH]2)cc1C(N)c1cccnc1. The zero-order valence-corrected chi connectivity index (χ0v) is 13.7. The van der Waals surface area contributed by atoms with Gasteiger partial charge in [0.2, 0.25) is 0 Å². The van der Waals surface area contributed by atoms with E-state index in [0.717, 1.165) is 39.0 Å². The van der Waals surface area contributed by atoms with Crippen molar-refractivity contribution in [1.82, 2.24) is 20.2 Å². The number of rotatable bonds is 4. The zero-order chi connectivity index (χ0) is 17.2. The molecule has 0 radical (unpaired) electrons. The molecule has 0 saturated carbocycles. The van der Waals surface area contributed by atoms with Gasteiger partial charge in [0, 0.05) is 29.0 Å². The Morgan fingerprint density at radius 2 is 1.96 bits per heavy atom. The summed E-state index contributed by atoms with van der Waals surface area (Å²) in [5.74, 6) is 0.750. The van der Waals surface area contributed by atoms with Crippen LogP contribution in [-0.2, 0) is 0 Å². The molecular formula is C19H17N5O. The number of pyridine rings is 1. The maximum absolute atomic E-state index is 6.46. The fraction of sp³-hybridized carbons (Fsp3) is 0.105. The molecule has 0 saturated heterocycles. The zero-order valence-electron chi connectivity index (χ0n) is 13.7. The Hall–Kier alpha value is -3.25. The molecule has 4 aromatic rings. The number of nitrogens with two attached hydrogens (primary N) is 1. The van der Waals surface area contributed by atoms with E-state index in [1.165, 1.54) is 0 Å². The minimum Gasteiger partial charge on any atom is -0.496 e. The number of fused-ring (bicyclic) bond motifs is 1. The van der Waals surface area contributed by atoms with Crippen LogP contribution >= 0.6 is 0 Å². The number of aromatic nitrogens is 4. The van der Waals surface area contributed by atoms with E-state index in [-0.39, 0.29) is 6.04 Å². The molecular weight excluding hydrogens is 314 g/mol. The van der Waals surface area contributed by atoms with E-state index >= 15 is 0 Å². The summed E-state index contributed by atoms with van der Waals surface area (Å²) in [6, 6.07) is 11.5. The molecule has 1 atom stereocenters. The fourth-order valence-electron chi connectivity index (χ4n) is 2.93. The number of hydrogen-bond acceptors (Lipinski definition) is 5. The highest BCUT2D eigenvalue weighted by molar-refractivity contribution is 5.84. The number of methoxy groups -OCH3 is 1. The Morgan fingerprint density at radius 3 is 2.72 bits per heavy atom. The van der Waals surface area contributed by atoms with Crippen LogP contribution in [0.1, 0.15) is 17.2 Å². The van der Waals surface area contributed by atoms with Crippen molar-refractivity contribution in [2.45, 2.75) is 6.04 Å². The molecule has 0 aliphatic carbocycles. The number of hydrogen-bond donors (Lipinski definition) is 2. The standard InChI is InChI=1S/C19H17N5O/c1-25-18-5-4-12(16-8-14-10-22-23-11-17(14)24-16)7-15(18)19(20)13-3-2-6-21-9-13/h2-11,19,24H,20H2,1H3. The Morgan fingerprint density at radius 1 is 1.08 bits per heavy atom. The minimum atomic E-state index is -0.323. The molecule has 6 nitrogen and oxygen atoms in total. The van der Waals surface area contributed by atoms with E-state index in [9.17, 15) is 0 Å². The van der Waals surface area contributed by atoms with Crippen LogP contribution in [0.15, 0.2) is 61.2 Å². The van der Waals surface area contributed by atoms with Gasteiger partial charge in [-0.1, -0.05) is 6.07 Å². The molecule has 0 aliphatic rings. The highest BCUT2D eigenvalue weighted by atomic mass is 16.5. The topological polar surface area (TPSA) is 89.7 Å². The molecule has 3 aromatic heterocycles. The molecule has 0 bridgehead atoms. The first-order valence-electron chi connectivity index (χ1n) is 7.89. The van der Waals surface area contributed by atoms with Crippen molar-refractivity contribution >= 4 is 10.9 Å².